The normalized spacial score (nSPS) is 22.8. The number of aliphatic hydroxyl groups excluding tert-OH is 1. The van der Waals surface area contributed by atoms with E-state index in [9.17, 15) is 9.90 Å². The van der Waals surface area contributed by atoms with Gasteiger partial charge in [0.05, 0.1) is 24.1 Å². The van der Waals surface area contributed by atoms with Crippen molar-refractivity contribution in [1.29, 1.82) is 0 Å². The van der Waals surface area contributed by atoms with Crippen molar-refractivity contribution in [2.45, 2.75) is 36.9 Å². The second kappa shape index (κ2) is 7.41. The quantitative estimate of drug-likeness (QED) is 0.643. The molecule has 2 aromatic rings. The van der Waals surface area contributed by atoms with Crippen molar-refractivity contribution in [3.63, 3.8) is 0 Å². The summed E-state index contributed by atoms with van der Waals surface area (Å²) in [5.74, 6) is 0.551. The Morgan fingerprint density at radius 1 is 1.04 bits per heavy atom. The second-order valence-electron chi connectivity index (χ2n) is 6.29. The lowest BCUT2D eigenvalue weighted by molar-refractivity contribution is -0.166. The smallest absolute Gasteiger partial charge is 0.231 e. The van der Waals surface area contributed by atoms with Crippen molar-refractivity contribution >= 4 is 17.7 Å². The van der Waals surface area contributed by atoms with Crippen LogP contribution in [0.4, 0.5) is 0 Å². The molecule has 3 nitrogen and oxygen atoms in total. The fraction of sp³-hybridized carbons (Fsp3) is 0.350. The molecule has 3 rings (SSSR count). The second-order valence-corrected chi connectivity index (χ2v) is 7.38. The summed E-state index contributed by atoms with van der Waals surface area (Å²) in [6, 6.07) is 20.3. The van der Waals surface area contributed by atoms with Crippen molar-refractivity contribution < 1.29 is 9.90 Å². The number of likely N-dealkylation sites (tertiary alicyclic amines) is 1. The number of rotatable bonds is 6. The van der Waals surface area contributed by atoms with Crippen LogP contribution >= 0.6 is 11.8 Å². The molecule has 1 aliphatic rings. The summed E-state index contributed by atoms with van der Waals surface area (Å²) in [5.41, 5.74) is 1.13. The third kappa shape index (κ3) is 3.35. The zero-order valence-corrected chi connectivity index (χ0v) is 14.8. The number of hydrogen-bond donors (Lipinski definition) is 1. The van der Waals surface area contributed by atoms with E-state index in [4.69, 9.17) is 0 Å². The molecule has 4 atom stereocenters. The average Bonchev–Trinajstić information content (AvgIpc) is 2.59. The molecule has 0 saturated carbocycles. The average molecular weight is 341 g/mol. The Bertz CT molecular complexity index is 675. The van der Waals surface area contributed by atoms with Gasteiger partial charge in [-0.2, -0.15) is 0 Å². The third-order valence-corrected chi connectivity index (χ3v) is 5.81. The van der Waals surface area contributed by atoms with Crippen molar-refractivity contribution in [2.75, 3.05) is 5.75 Å². The standard InChI is InChI=1S/C20H23NO2S/c1-14(16-9-5-3-6-10-16)21-18(19(15(2)22)20(21)23)13-24-17-11-7-4-8-12-17/h3-12,14-15,18-19,22H,13H2,1-2H3/t14-,15-,18+,19+/m0/s1. The van der Waals surface area contributed by atoms with Crippen LogP contribution in [-0.4, -0.2) is 33.8 Å². The molecule has 1 amide bonds. The molecule has 4 heteroatoms. The number of nitrogens with zero attached hydrogens (tertiary/aromatic N) is 1. The predicted octanol–water partition coefficient (Wildman–Crippen LogP) is 3.75. The van der Waals surface area contributed by atoms with Crippen LogP contribution in [0.25, 0.3) is 0 Å². The number of hydrogen-bond acceptors (Lipinski definition) is 3. The topological polar surface area (TPSA) is 40.5 Å². The fourth-order valence-corrected chi connectivity index (χ4v) is 4.45. The highest BCUT2D eigenvalue weighted by atomic mass is 32.2. The number of carbonyl (C=O) groups excluding carboxylic acids is 1. The molecule has 24 heavy (non-hydrogen) atoms. The molecule has 0 unspecified atom stereocenters. The minimum atomic E-state index is -0.613. The highest BCUT2D eigenvalue weighted by Crippen LogP contribution is 2.39. The molecular weight excluding hydrogens is 318 g/mol. The lowest BCUT2D eigenvalue weighted by Gasteiger charge is -2.51. The van der Waals surface area contributed by atoms with Gasteiger partial charge < -0.3 is 10.0 Å². The Kier molecular flexibility index (Phi) is 5.27. The zero-order chi connectivity index (χ0) is 17.1. The van der Waals surface area contributed by atoms with Crippen molar-refractivity contribution in [1.82, 2.24) is 4.90 Å². The highest BCUT2D eigenvalue weighted by Gasteiger charge is 2.51. The minimum Gasteiger partial charge on any atom is -0.393 e. The molecule has 0 aromatic heterocycles. The van der Waals surface area contributed by atoms with Gasteiger partial charge in [0, 0.05) is 10.6 Å². The van der Waals surface area contributed by atoms with Gasteiger partial charge in [0.1, 0.15) is 0 Å². The zero-order valence-electron chi connectivity index (χ0n) is 14.0. The van der Waals surface area contributed by atoms with Crippen molar-refractivity contribution in [2.24, 2.45) is 5.92 Å². The van der Waals surface area contributed by atoms with E-state index in [0.29, 0.717) is 0 Å². The summed E-state index contributed by atoms with van der Waals surface area (Å²) < 4.78 is 0. The van der Waals surface area contributed by atoms with E-state index in [1.807, 2.05) is 41.3 Å². The lowest BCUT2D eigenvalue weighted by Crippen LogP contribution is -2.65. The van der Waals surface area contributed by atoms with Gasteiger partial charge >= 0.3 is 0 Å². The van der Waals surface area contributed by atoms with Gasteiger partial charge in [-0.3, -0.25) is 4.79 Å². The predicted molar refractivity (Wildman–Crippen MR) is 97.8 cm³/mol. The van der Waals surface area contributed by atoms with E-state index in [1.165, 1.54) is 4.90 Å². The molecule has 126 valence electrons. The first kappa shape index (κ1) is 17.1. The Morgan fingerprint density at radius 3 is 2.21 bits per heavy atom. The SMILES string of the molecule is C[C@H](O)[C@H]1C(=O)N([C@@H](C)c2ccccc2)[C@@H]1CSc1ccccc1. The van der Waals surface area contributed by atoms with Crippen LogP contribution in [0.3, 0.4) is 0 Å². The van der Waals surface area contributed by atoms with E-state index < -0.39 is 6.10 Å². The molecule has 0 radical (unpaired) electrons. The molecule has 1 aliphatic heterocycles. The van der Waals surface area contributed by atoms with Gasteiger partial charge in [0.25, 0.3) is 0 Å². The van der Waals surface area contributed by atoms with Crippen LogP contribution < -0.4 is 0 Å². The minimum absolute atomic E-state index is 0.0232. The molecule has 0 spiro atoms. The molecule has 1 saturated heterocycles. The first-order valence-corrected chi connectivity index (χ1v) is 9.31. The van der Waals surface area contributed by atoms with Crippen LogP contribution in [0.2, 0.25) is 0 Å². The summed E-state index contributed by atoms with van der Waals surface area (Å²) >= 11 is 1.74. The Labute approximate surface area is 147 Å². The maximum atomic E-state index is 12.6. The molecule has 1 N–H and O–H groups in total. The van der Waals surface area contributed by atoms with Gasteiger partial charge in [0.2, 0.25) is 5.91 Å². The molecule has 0 aliphatic carbocycles. The van der Waals surface area contributed by atoms with Crippen LogP contribution in [0.15, 0.2) is 65.6 Å². The summed E-state index contributed by atoms with van der Waals surface area (Å²) in [6.07, 6.45) is -0.613. The number of β-lactam (4-membered cyclic amide) rings is 1. The lowest BCUT2D eigenvalue weighted by atomic mass is 9.82. The molecule has 0 bridgehead atoms. The number of benzene rings is 2. The van der Waals surface area contributed by atoms with Gasteiger partial charge in [-0.25, -0.2) is 0 Å². The first-order chi connectivity index (χ1) is 11.6. The van der Waals surface area contributed by atoms with Gasteiger partial charge in [-0.15, -0.1) is 11.8 Å². The molecule has 2 aromatic carbocycles. The van der Waals surface area contributed by atoms with Crippen molar-refractivity contribution in [3.8, 4) is 0 Å². The fourth-order valence-electron chi connectivity index (χ4n) is 3.37. The van der Waals surface area contributed by atoms with Gasteiger partial charge in [0.15, 0.2) is 0 Å². The summed E-state index contributed by atoms with van der Waals surface area (Å²) in [5, 5.41) is 10.0. The van der Waals surface area contributed by atoms with E-state index in [2.05, 4.69) is 31.2 Å². The first-order valence-electron chi connectivity index (χ1n) is 8.32. The molecular formula is C20H23NO2S. The third-order valence-electron chi connectivity index (χ3n) is 4.69. The van der Waals surface area contributed by atoms with E-state index in [-0.39, 0.29) is 23.9 Å². The summed E-state index contributed by atoms with van der Waals surface area (Å²) in [6.45, 7) is 3.78. The van der Waals surface area contributed by atoms with Crippen LogP contribution in [0, 0.1) is 5.92 Å². The van der Waals surface area contributed by atoms with Crippen LogP contribution in [0.5, 0.6) is 0 Å². The summed E-state index contributed by atoms with van der Waals surface area (Å²) in [4.78, 5) is 15.7. The van der Waals surface area contributed by atoms with Crippen LogP contribution in [0.1, 0.15) is 25.5 Å². The van der Waals surface area contributed by atoms with Gasteiger partial charge in [-0.05, 0) is 31.5 Å². The van der Waals surface area contributed by atoms with E-state index >= 15 is 0 Å². The maximum absolute atomic E-state index is 12.6. The van der Waals surface area contributed by atoms with E-state index in [0.717, 1.165) is 11.3 Å². The molecule has 1 heterocycles. The number of carbonyl (C=O) groups is 1. The number of aliphatic hydroxyl groups is 1. The van der Waals surface area contributed by atoms with Crippen LogP contribution in [-0.2, 0) is 4.79 Å². The van der Waals surface area contributed by atoms with Crippen molar-refractivity contribution in [3.05, 3.63) is 66.2 Å². The maximum Gasteiger partial charge on any atom is 0.231 e. The summed E-state index contributed by atoms with van der Waals surface area (Å²) in [7, 11) is 0. The molecule has 1 fully saturated rings. The monoisotopic (exact) mass is 341 g/mol. The Morgan fingerprint density at radius 2 is 1.62 bits per heavy atom. The highest BCUT2D eigenvalue weighted by molar-refractivity contribution is 7.99. The number of thioether (sulfide) groups is 1. The van der Waals surface area contributed by atoms with Gasteiger partial charge in [-0.1, -0.05) is 48.5 Å². The van der Waals surface area contributed by atoms with E-state index in [1.54, 1.807) is 18.7 Å². The Balaban J connectivity index is 1.75. The number of amides is 1. The largest absolute Gasteiger partial charge is 0.393 e. The Hall–Kier alpha value is -1.78.